The number of thioether (sulfide) groups is 1. The normalized spacial score (nSPS) is 24.2. The molecule has 1 unspecified atom stereocenters. The van der Waals surface area contributed by atoms with E-state index in [1.165, 1.54) is 52.8 Å². The van der Waals surface area contributed by atoms with Crippen LogP contribution in [-0.2, 0) is 5.41 Å². The third-order valence-corrected chi connectivity index (χ3v) is 6.63. The summed E-state index contributed by atoms with van der Waals surface area (Å²) < 4.78 is 1.30. The summed E-state index contributed by atoms with van der Waals surface area (Å²) in [6, 6.07) is 7.28. The van der Waals surface area contributed by atoms with Crippen LogP contribution in [0.3, 0.4) is 0 Å². The quantitative estimate of drug-likeness (QED) is 0.880. The van der Waals surface area contributed by atoms with Crippen molar-refractivity contribution in [3.8, 4) is 0 Å². The topological polar surface area (TPSA) is 26.0 Å². The minimum atomic E-state index is 0.260. The molecule has 19 heavy (non-hydrogen) atoms. The highest BCUT2D eigenvalue weighted by Gasteiger charge is 2.47. The van der Waals surface area contributed by atoms with E-state index in [-0.39, 0.29) is 11.5 Å². The number of benzene rings is 1. The summed E-state index contributed by atoms with van der Waals surface area (Å²) in [4.78, 5) is 0. The standard InChI is InChI=1S/C16H22BrNS/c1-11(18)16(6-7-16)13-2-3-14(15(17)10-13)12-4-8-19-9-5-12/h2-3,10-12H,4-9,18H2,1H3. The Bertz CT molecular complexity index is 462. The zero-order chi connectivity index (χ0) is 13.5. The maximum Gasteiger partial charge on any atom is 0.0213 e. The van der Waals surface area contributed by atoms with Crippen molar-refractivity contribution in [1.29, 1.82) is 0 Å². The van der Waals surface area contributed by atoms with Crippen LogP contribution in [0, 0.1) is 0 Å². The molecule has 1 aliphatic carbocycles. The summed E-state index contributed by atoms with van der Waals surface area (Å²) in [5, 5.41) is 0. The Morgan fingerprint density at radius 2 is 2.00 bits per heavy atom. The SMILES string of the molecule is CC(N)C1(c2ccc(C3CCSCC3)c(Br)c2)CC1. The van der Waals surface area contributed by atoms with Crippen molar-refractivity contribution < 1.29 is 0 Å². The van der Waals surface area contributed by atoms with Gasteiger partial charge in [-0.25, -0.2) is 0 Å². The fourth-order valence-corrected chi connectivity index (χ4v) is 5.13. The van der Waals surface area contributed by atoms with Crippen molar-refractivity contribution in [2.24, 2.45) is 5.73 Å². The summed E-state index contributed by atoms with van der Waals surface area (Å²) in [6.07, 6.45) is 5.13. The molecule has 104 valence electrons. The molecule has 1 aliphatic heterocycles. The monoisotopic (exact) mass is 339 g/mol. The van der Waals surface area contributed by atoms with E-state index in [1.807, 2.05) is 0 Å². The van der Waals surface area contributed by atoms with Gasteiger partial charge in [-0.1, -0.05) is 28.1 Å². The Kier molecular flexibility index (Phi) is 3.98. The first kappa shape index (κ1) is 14.0. The Morgan fingerprint density at radius 3 is 2.53 bits per heavy atom. The van der Waals surface area contributed by atoms with Crippen LogP contribution < -0.4 is 5.73 Å². The third-order valence-electron chi connectivity index (χ3n) is 4.90. The molecule has 0 aromatic heterocycles. The van der Waals surface area contributed by atoms with Gasteiger partial charge in [0.1, 0.15) is 0 Å². The second-order valence-corrected chi connectivity index (χ2v) is 8.15. The molecule has 1 saturated carbocycles. The zero-order valence-electron chi connectivity index (χ0n) is 11.5. The zero-order valence-corrected chi connectivity index (χ0v) is 13.9. The molecule has 0 bridgehead atoms. The van der Waals surface area contributed by atoms with Gasteiger partial charge in [-0.05, 0) is 67.2 Å². The second kappa shape index (κ2) is 5.42. The molecular weight excluding hydrogens is 318 g/mol. The lowest BCUT2D eigenvalue weighted by Crippen LogP contribution is -2.31. The maximum absolute atomic E-state index is 6.18. The van der Waals surface area contributed by atoms with Crippen LogP contribution >= 0.6 is 27.7 Å². The number of rotatable bonds is 3. The van der Waals surface area contributed by atoms with Gasteiger partial charge in [0, 0.05) is 15.9 Å². The van der Waals surface area contributed by atoms with Crippen molar-refractivity contribution in [3.05, 3.63) is 33.8 Å². The van der Waals surface area contributed by atoms with Crippen molar-refractivity contribution in [3.63, 3.8) is 0 Å². The van der Waals surface area contributed by atoms with Gasteiger partial charge in [-0.2, -0.15) is 11.8 Å². The Hall–Kier alpha value is 0.01000. The van der Waals surface area contributed by atoms with Gasteiger partial charge >= 0.3 is 0 Å². The van der Waals surface area contributed by atoms with Crippen LogP contribution in [0.25, 0.3) is 0 Å². The maximum atomic E-state index is 6.18. The van der Waals surface area contributed by atoms with Crippen LogP contribution in [0.4, 0.5) is 0 Å². The first-order valence-electron chi connectivity index (χ1n) is 7.27. The summed E-state index contributed by atoms with van der Waals surface area (Å²) in [5.74, 6) is 3.36. The Labute approximate surface area is 128 Å². The second-order valence-electron chi connectivity index (χ2n) is 6.07. The number of hydrogen-bond donors (Lipinski definition) is 1. The highest BCUT2D eigenvalue weighted by molar-refractivity contribution is 9.10. The molecule has 1 nitrogen and oxygen atoms in total. The predicted molar refractivity (Wildman–Crippen MR) is 88.0 cm³/mol. The summed E-state index contributed by atoms with van der Waals surface area (Å²) in [5.41, 5.74) is 9.38. The Balaban J connectivity index is 1.86. The smallest absolute Gasteiger partial charge is 0.0213 e. The number of nitrogens with two attached hydrogens (primary N) is 1. The van der Waals surface area contributed by atoms with Crippen LogP contribution in [0.15, 0.2) is 22.7 Å². The van der Waals surface area contributed by atoms with E-state index in [0.29, 0.717) is 0 Å². The molecule has 1 aromatic rings. The van der Waals surface area contributed by atoms with Gasteiger partial charge in [0.15, 0.2) is 0 Å². The molecule has 2 fully saturated rings. The van der Waals surface area contributed by atoms with E-state index in [1.54, 1.807) is 0 Å². The van der Waals surface area contributed by atoms with E-state index in [2.05, 4.69) is 52.8 Å². The predicted octanol–water partition coefficient (Wildman–Crippen LogP) is 4.44. The van der Waals surface area contributed by atoms with Crippen LogP contribution in [0.2, 0.25) is 0 Å². The fraction of sp³-hybridized carbons (Fsp3) is 0.625. The molecule has 3 rings (SSSR count). The molecule has 1 heterocycles. The van der Waals surface area contributed by atoms with Gasteiger partial charge in [0.25, 0.3) is 0 Å². The third kappa shape index (κ3) is 2.62. The van der Waals surface area contributed by atoms with E-state index in [9.17, 15) is 0 Å². The van der Waals surface area contributed by atoms with Gasteiger partial charge < -0.3 is 5.73 Å². The molecule has 0 radical (unpaired) electrons. The fourth-order valence-electron chi connectivity index (χ4n) is 3.32. The summed E-state index contributed by atoms with van der Waals surface area (Å²) >= 11 is 5.89. The van der Waals surface area contributed by atoms with Gasteiger partial charge in [0.05, 0.1) is 0 Å². The van der Waals surface area contributed by atoms with E-state index >= 15 is 0 Å². The highest BCUT2D eigenvalue weighted by Crippen LogP contribution is 2.51. The van der Waals surface area contributed by atoms with Gasteiger partial charge in [0.2, 0.25) is 0 Å². The number of halogens is 1. The van der Waals surface area contributed by atoms with Crippen molar-refractivity contribution >= 4 is 27.7 Å². The molecular formula is C16H22BrNS. The lowest BCUT2D eigenvalue weighted by molar-refractivity contribution is 0.555. The first-order chi connectivity index (χ1) is 9.13. The average Bonchev–Trinajstić information content (AvgIpc) is 3.21. The van der Waals surface area contributed by atoms with Crippen LogP contribution in [-0.4, -0.2) is 17.5 Å². The highest BCUT2D eigenvalue weighted by atomic mass is 79.9. The van der Waals surface area contributed by atoms with E-state index < -0.39 is 0 Å². The van der Waals surface area contributed by atoms with E-state index in [4.69, 9.17) is 5.73 Å². The summed E-state index contributed by atoms with van der Waals surface area (Å²) in [7, 11) is 0. The lowest BCUT2D eigenvalue weighted by Gasteiger charge is -2.25. The van der Waals surface area contributed by atoms with E-state index in [0.717, 1.165) is 5.92 Å². The van der Waals surface area contributed by atoms with Crippen LogP contribution in [0.5, 0.6) is 0 Å². The first-order valence-corrected chi connectivity index (χ1v) is 9.21. The molecule has 1 aromatic carbocycles. The van der Waals surface area contributed by atoms with Gasteiger partial charge in [-0.15, -0.1) is 0 Å². The minimum Gasteiger partial charge on any atom is -0.327 e. The number of hydrogen-bond acceptors (Lipinski definition) is 2. The molecule has 1 saturated heterocycles. The molecule has 0 spiro atoms. The average molecular weight is 340 g/mol. The molecule has 3 heteroatoms. The molecule has 0 amide bonds. The van der Waals surface area contributed by atoms with Crippen molar-refractivity contribution in [2.75, 3.05) is 11.5 Å². The molecule has 2 aliphatic rings. The lowest BCUT2D eigenvalue weighted by atomic mass is 9.86. The molecule has 1 atom stereocenters. The Morgan fingerprint density at radius 1 is 1.32 bits per heavy atom. The van der Waals surface area contributed by atoms with Crippen molar-refractivity contribution in [2.45, 2.75) is 50.0 Å². The van der Waals surface area contributed by atoms with Crippen molar-refractivity contribution in [1.82, 2.24) is 0 Å². The summed E-state index contributed by atoms with van der Waals surface area (Å²) in [6.45, 7) is 2.15. The van der Waals surface area contributed by atoms with Gasteiger partial charge in [-0.3, -0.25) is 0 Å². The van der Waals surface area contributed by atoms with Crippen LogP contribution in [0.1, 0.15) is 49.7 Å². The largest absolute Gasteiger partial charge is 0.327 e. The minimum absolute atomic E-state index is 0.260. The molecule has 2 N–H and O–H groups in total.